The molecule has 0 amide bonds. The summed E-state index contributed by atoms with van der Waals surface area (Å²) >= 11 is 0. The zero-order chi connectivity index (χ0) is 22.8. The van der Waals surface area contributed by atoms with Crippen molar-refractivity contribution in [2.24, 2.45) is 0 Å². The maximum atomic E-state index is 10.1. The summed E-state index contributed by atoms with van der Waals surface area (Å²) in [5.41, 5.74) is 6.39. The van der Waals surface area contributed by atoms with E-state index in [4.69, 9.17) is 14.9 Å². The number of aliphatic hydroxyl groups is 1. The van der Waals surface area contributed by atoms with Crippen molar-refractivity contribution in [3.63, 3.8) is 0 Å². The molecule has 0 bridgehead atoms. The second-order valence-corrected chi connectivity index (χ2v) is 13.2. The summed E-state index contributed by atoms with van der Waals surface area (Å²) in [6.45, 7) is 6.47. The van der Waals surface area contributed by atoms with Crippen LogP contribution in [0.4, 0.5) is 5.95 Å². The standard InChI is InChI=1S/C25H29N3O3Si/c1-25(2,3)32(19-10-6-4-7-11-19,20-12-8-5-9-13-20)31-22-14-21(30-23(22)17-29)18-15-27-24(26)28-16-18/h4-16,21,23,29H,17H2,1-3H3,(H2,26,27,28)/t21-,23-/m1/s1. The van der Waals surface area contributed by atoms with Crippen LogP contribution < -0.4 is 16.1 Å². The summed E-state index contributed by atoms with van der Waals surface area (Å²) in [5.74, 6) is 0.849. The fraction of sp³-hybridized carbons (Fsp3) is 0.280. The largest absolute Gasteiger partial charge is 0.535 e. The Morgan fingerprint density at radius 3 is 1.97 bits per heavy atom. The summed E-state index contributed by atoms with van der Waals surface area (Å²) in [6, 6.07) is 20.8. The molecule has 0 saturated carbocycles. The molecule has 2 atom stereocenters. The van der Waals surface area contributed by atoms with Crippen LogP contribution >= 0.6 is 0 Å². The number of ether oxygens (including phenoxy) is 1. The first-order chi connectivity index (χ1) is 15.3. The predicted octanol–water partition coefficient (Wildman–Crippen LogP) is 2.95. The van der Waals surface area contributed by atoms with Gasteiger partial charge in [0.15, 0.2) is 0 Å². The van der Waals surface area contributed by atoms with E-state index in [1.54, 1.807) is 12.4 Å². The van der Waals surface area contributed by atoms with Crippen LogP contribution in [0.3, 0.4) is 0 Å². The molecule has 3 N–H and O–H groups in total. The molecule has 1 aliphatic rings. The second kappa shape index (κ2) is 8.86. The van der Waals surface area contributed by atoms with Gasteiger partial charge in [0.25, 0.3) is 0 Å². The van der Waals surface area contributed by atoms with Crippen molar-refractivity contribution in [2.75, 3.05) is 12.3 Å². The third-order valence-electron chi connectivity index (χ3n) is 5.82. The number of benzene rings is 2. The first-order valence-corrected chi connectivity index (χ1v) is 12.6. The molecule has 2 heterocycles. The summed E-state index contributed by atoms with van der Waals surface area (Å²) in [4.78, 5) is 8.14. The van der Waals surface area contributed by atoms with E-state index in [-0.39, 0.29) is 17.6 Å². The number of hydrogen-bond donors (Lipinski definition) is 2. The molecule has 7 heteroatoms. The Labute approximate surface area is 189 Å². The van der Waals surface area contributed by atoms with Gasteiger partial charge in [-0.3, -0.25) is 0 Å². The Bertz CT molecular complexity index is 1030. The SMILES string of the molecule is CC(C)(C)[Si](OC1=C[C@H](c2cnc(N)nc2)O[C@@H]1CO)(c1ccccc1)c1ccccc1. The van der Waals surface area contributed by atoms with Crippen molar-refractivity contribution < 1.29 is 14.3 Å². The number of nitrogen functional groups attached to an aromatic ring is 1. The van der Waals surface area contributed by atoms with Crippen molar-refractivity contribution in [1.82, 2.24) is 9.97 Å². The molecular weight excluding hydrogens is 418 g/mol. The molecule has 1 aliphatic heterocycles. The lowest BCUT2D eigenvalue weighted by Gasteiger charge is -2.43. The highest BCUT2D eigenvalue weighted by Crippen LogP contribution is 2.41. The van der Waals surface area contributed by atoms with Gasteiger partial charge in [-0.15, -0.1) is 0 Å². The number of hydrogen-bond acceptors (Lipinski definition) is 6. The zero-order valence-electron chi connectivity index (χ0n) is 18.6. The molecule has 166 valence electrons. The topological polar surface area (TPSA) is 90.5 Å². The van der Waals surface area contributed by atoms with Gasteiger partial charge in [0.1, 0.15) is 18.0 Å². The molecule has 6 nitrogen and oxygen atoms in total. The lowest BCUT2D eigenvalue weighted by molar-refractivity contribution is 0.00713. The first kappa shape index (κ1) is 22.2. The summed E-state index contributed by atoms with van der Waals surface area (Å²) in [6.07, 6.45) is 4.22. The Balaban J connectivity index is 1.83. The second-order valence-electron chi connectivity index (χ2n) is 8.94. The Kier molecular flexibility index (Phi) is 6.14. The van der Waals surface area contributed by atoms with Crippen molar-refractivity contribution in [3.8, 4) is 0 Å². The van der Waals surface area contributed by atoms with Gasteiger partial charge in [-0.2, -0.15) is 0 Å². The third kappa shape index (κ3) is 4.06. The highest BCUT2D eigenvalue weighted by Gasteiger charge is 2.53. The van der Waals surface area contributed by atoms with Crippen molar-refractivity contribution in [3.05, 3.63) is 90.5 Å². The molecule has 0 fully saturated rings. The average Bonchev–Trinajstić information content (AvgIpc) is 3.21. The molecule has 32 heavy (non-hydrogen) atoms. The lowest BCUT2D eigenvalue weighted by Crippen LogP contribution is -2.66. The van der Waals surface area contributed by atoms with Gasteiger partial charge in [-0.25, -0.2) is 9.97 Å². The maximum absolute atomic E-state index is 10.1. The van der Waals surface area contributed by atoms with Gasteiger partial charge in [0.2, 0.25) is 5.95 Å². The van der Waals surface area contributed by atoms with E-state index in [0.29, 0.717) is 5.76 Å². The van der Waals surface area contributed by atoms with E-state index in [1.165, 1.54) is 0 Å². The normalized spacial score (nSPS) is 18.9. The van der Waals surface area contributed by atoms with Crippen LogP contribution in [0.5, 0.6) is 0 Å². The maximum Gasteiger partial charge on any atom is 0.319 e. The third-order valence-corrected chi connectivity index (χ3v) is 10.8. The Morgan fingerprint density at radius 1 is 0.969 bits per heavy atom. The molecule has 0 radical (unpaired) electrons. The van der Waals surface area contributed by atoms with E-state index in [0.717, 1.165) is 15.9 Å². The average molecular weight is 448 g/mol. The first-order valence-electron chi connectivity index (χ1n) is 10.7. The molecule has 4 rings (SSSR count). The van der Waals surface area contributed by atoms with E-state index in [1.807, 2.05) is 42.5 Å². The van der Waals surface area contributed by atoms with Crippen LogP contribution in [-0.4, -0.2) is 36.1 Å². The minimum absolute atomic E-state index is 0.184. The van der Waals surface area contributed by atoms with Crippen LogP contribution in [0, 0.1) is 0 Å². The molecule has 2 aromatic carbocycles. The monoisotopic (exact) mass is 447 g/mol. The van der Waals surface area contributed by atoms with Gasteiger partial charge in [0.05, 0.1) is 6.61 Å². The summed E-state index contributed by atoms with van der Waals surface area (Å²) in [5, 5.41) is 12.2. The molecule has 0 aliphatic carbocycles. The summed E-state index contributed by atoms with van der Waals surface area (Å²) < 4.78 is 13.2. The predicted molar refractivity (Wildman–Crippen MR) is 128 cm³/mol. The van der Waals surface area contributed by atoms with Gasteiger partial charge >= 0.3 is 8.32 Å². The zero-order valence-corrected chi connectivity index (χ0v) is 19.6. The van der Waals surface area contributed by atoms with E-state index < -0.39 is 20.5 Å². The fourth-order valence-corrected chi connectivity index (χ4v) is 8.75. The number of nitrogens with two attached hydrogens (primary N) is 1. The minimum atomic E-state index is -2.82. The van der Waals surface area contributed by atoms with Crippen LogP contribution in [0.1, 0.15) is 32.4 Å². The fourth-order valence-electron chi connectivity index (χ4n) is 4.27. The number of nitrogens with zero attached hydrogens (tertiary/aromatic N) is 2. The molecular formula is C25H29N3O3Si. The minimum Gasteiger partial charge on any atom is -0.535 e. The van der Waals surface area contributed by atoms with Crippen LogP contribution in [-0.2, 0) is 9.16 Å². The van der Waals surface area contributed by atoms with Crippen molar-refractivity contribution >= 4 is 24.6 Å². The number of aromatic nitrogens is 2. The van der Waals surface area contributed by atoms with E-state index >= 15 is 0 Å². The molecule has 0 unspecified atom stereocenters. The number of anilines is 1. The number of aliphatic hydroxyl groups excluding tert-OH is 1. The van der Waals surface area contributed by atoms with Gasteiger partial charge in [-0.1, -0.05) is 81.4 Å². The van der Waals surface area contributed by atoms with Gasteiger partial charge < -0.3 is 20.0 Å². The number of rotatable bonds is 6. The smallest absolute Gasteiger partial charge is 0.319 e. The van der Waals surface area contributed by atoms with Gasteiger partial charge in [-0.05, 0) is 21.5 Å². The molecule has 0 saturated heterocycles. The van der Waals surface area contributed by atoms with Gasteiger partial charge in [0, 0.05) is 18.0 Å². The Morgan fingerprint density at radius 2 is 1.50 bits per heavy atom. The Hall–Kier alpha value is -3.00. The van der Waals surface area contributed by atoms with Crippen molar-refractivity contribution in [1.29, 1.82) is 0 Å². The molecule has 3 aromatic rings. The highest BCUT2D eigenvalue weighted by atomic mass is 28.4. The van der Waals surface area contributed by atoms with Crippen LogP contribution in [0.25, 0.3) is 0 Å². The van der Waals surface area contributed by atoms with Crippen LogP contribution in [0.15, 0.2) is 84.9 Å². The summed E-state index contributed by atoms with van der Waals surface area (Å²) in [7, 11) is -2.82. The lowest BCUT2D eigenvalue weighted by atomic mass is 10.2. The van der Waals surface area contributed by atoms with E-state index in [2.05, 4.69) is 55.0 Å². The quantitative estimate of drug-likeness (QED) is 0.565. The molecule has 1 aromatic heterocycles. The van der Waals surface area contributed by atoms with Crippen molar-refractivity contribution in [2.45, 2.75) is 38.0 Å². The highest BCUT2D eigenvalue weighted by molar-refractivity contribution is 6.99. The van der Waals surface area contributed by atoms with E-state index in [9.17, 15) is 5.11 Å². The molecule has 0 spiro atoms. The van der Waals surface area contributed by atoms with Crippen LogP contribution in [0.2, 0.25) is 5.04 Å².